The Kier molecular flexibility index (Phi) is 7.64. The van der Waals surface area contributed by atoms with Crippen molar-refractivity contribution < 1.29 is 19.7 Å². The molecule has 0 radical (unpaired) electrons. The summed E-state index contributed by atoms with van der Waals surface area (Å²) in [6, 6.07) is 6.34. The highest BCUT2D eigenvalue weighted by atomic mass is 127. The van der Waals surface area contributed by atoms with E-state index in [1.54, 1.807) is 12.1 Å². The summed E-state index contributed by atoms with van der Waals surface area (Å²) in [4.78, 5) is 10.9. The first-order valence-corrected chi connectivity index (χ1v) is 10.8. The largest absolute Gasteiger partial charge is 0.506 e. The summed E-state index contributed by atoms with van der Waals surface area (Å²) in [5.41, 5.74) is 6.44. The van der Waals surface area contributed by atoms with Gasteiger partial charge in [-0.1, -0.05) is 0 Å². The third kappa shape index (κ3) is 5.20. The van der Waals surface area contributed by atoms with E-state index < -0.39 is 12.0 Å². The van der Waals surface area contributed by atoms with Crippen LogP contribution in [0, 0.1) is 14.3 Å². The number of hydrogen-bond acceptors (Lipinski definition) is 4. The van der Waals surface area contributed by atoms with Crippen molar-refractivity contribution in [2.75, 3.05) is 0 Å². The molecule has 4 N–H and O–H groups in total. The fraction of sp³-hybridized carbons (Fsp3) is 0.133. The summed E-state index contributed by atoms with van der Waals surface area (Å²) in [6.07, 6.45) is 0.261. The predicted octanol–water partition coefficient (Wildman–Crippen LogP) is 4.56. The molecule has 0 amide bonds. The topological polar surface area (TPSA) is 92.8 Å². The number of carboxylic acids is 1. The zero-order chi connectivity index (χ0) is 18.0. The van der Waals surface area contributed by atoms with Gasteiger partial charge < -0.3 is 20.7 Å². The van der Waals surface area contributed by atoms with Gasteiger partial charge in [0.1, 0.15) is 17.5 Å². The molecule has 5 nitrogen and oxygen atoms in total. The van der Waals surface area contributed by atoms with Crippen LogP contribution in [0.25, 0.3) is 0 Å². The summed E-state index contributed by atoms with van der Waals surface area (Å²) in [6.45, 7) is 0. The number of phenolic OH excluding ortho intramolecular Hbond substituents is 1. The fourth-order valence-corrected chi connectivity index (χ4v) is 5.72. The molecule has 128 valence electrons. The third-order valence-electron chi connectivity index (χ3n) is 3.04. The molecule has 0 unspecified atom stereocenters. The van der Waals surface area contributed by atoms with Crippen molar-refractivity contribution in [3.63, 3.8) is 0 Å². The van der Waals surface area contributed by atoms with Crippen LogP contribution >= 0.6 is 90.4 Å². The molecule has 0 aliphatic rings. The highest BCUT2D eigenvalue weighted by molar-refractivity contribution is 14.1. The van der Waals surface area contributed by atoms with E-state index in [0.717, 1.165) is 12.7 Å². The van der Waals surface area contributed by atoms with Gasteiger partial charge in [0.2, 0.25) is 0 Å². The average Bonchev–Trinajstić information content (AvgIpc) is 2.48. The number of phenols is 1. The van der Waals surface area contributed by atoms with E-state index in [1.807, 2.05) is 12.1 Å². The molecule has 2 aromatic rings. The lowest BCUT2D eigenvalue weighted by molar-refractivity contribution is -0.138. The Morgan fingerprint density at radius 3 is 2.00 bits per heavy atom. The quantitative estimate of drug-likeness (QED) is 0.235. The maximum absolute atomic E-state index is 10.9. The summed E-state index contributed by atoms with van der Waals surface area (Å²) in [5, 5.41) is 18.8. The normalized spacial score (nSPS) is 12.0. The van der Waals surface area contributed by atoms with Crippen molar-refractivity contribution in [3.05, 3.63) is 44.1 Å². The second-order valence-electron chi connectivity index (χ2n) is 4.88. The lowest BCUT2D eigenvalue weighted by Gasteiger charge is -2.14. The van der Waals surface area contributed by atoms with Gasteiger partial charge in [-0.25, -0.2) is 0 Å². The number of aliphatic carboxylic acids is 1. The average molecular weight is 787 g/mol. The van der Waals surface area contributed by atoms with Crippen LogP contribution < -0.4 is 10.5 Å². The molecule has 0 saturated carbocycles. The first-order valence-electron chi connectivity index (χ1n) is 6.51. The van der Waals surface area contributed by atoms with Crippen molar-refractivity contribution in [1.82, 2.24) is 0 Å². The monoisotopic (exact) mass is 787 g/mol. The fourth-order valence-electron chi connectivity index (χ4n) is 1.89. The van der Waals surface area contributed by atoms with Gasteiger partial charge in [-0.3, -0.25) is 4.79 Å². The van der Waals surface area contributed by atoms with E-state index in [0.29, 0.717) is 18.6 Å². The van der Waals surface area contributed by atoms with Gasteiger partial charge in [-0.15, -0.1) is 0 Å². The van der Waals surface area contributed by atoms with Gasteiger partial charge in [-0.05, 0) is 127 Å². The van der Waals surface area contributed by atoms with Crippen LogP contribution in [0.2, 0.25) is 0 Å². The summed E-state index contributed by atoms with van der Waals surface area (Å²) >= 11 is 8.42. The number of benzene rings is 2. The Morgan fingerprint density at radius 1 is 1.04 bits per heavy atom. The molecule has 2 aromatic carbocycles. The summed E-state index contributed by atoms with van der Waals surface area (Å²) in [7, 11) is 0. The molecular weight excluding hydrogens is 776 g/mol. The Morgan fingerprint density at radius 2 is 1.54 bits per heavy atom. The van der Waals surface area contributed by atoms with Crippen LogP contribution in [0.3, 0.4) is 0 Å². The molecule has 1 atom stereocenters. The second-order valence-corrected chi connectivity index (χ2v) is 9.52. The number of hydrogen-bond donors (Lipinski definition) is 3. The molecule has 0 saturated heterocycles. The number of aromatic hydroxyl groups is 1. The molecule has 0 aliphatic heterocycles. The molecule has 2 rings (SSSR count). The number of ether oxygens (including phenoxy) is 1. The molecule has 9 heteroatoms. The molecular formula is C15H11I4NO4. The molecule has 0 heterocycles. The Hall–Kier alpha value is 0.390. The van der Waals surface area contributed by atoms with Crippen molar-refractivity contribution in [2.24, 2.45) is 5.73 Å². The van der Waals surface area contributed by atoms with Gasteiger partial charge in [0.15, 0.2) is 5.75 Å². The van der Waals surface area contributed by atoms with Crippen molar-refractivity contribution >= 4 is 96.3 Å². The van der Waals surface area contributed by atoms with Crippen molar-refractivity contribution in [2.45, 2.75) is 12.5 Å². The third-order valence-corrected chi connectivity index (χ3v) is 6.29. The van der Waals surface area contributed by atoms with Crippen LogP contribution in [0.1, 0.15) is 5.56 Å². The zero-order valence-corrected chi connectivity index (χ0v) is 20.5. The SMILES string of the molecule is [15NH2][13C@@H]([13CH2][13c]1[13cH][13c](I)[13c](Oc2cc(I)c(O)c(I)c2)[13c](I)[13cH]1)[13C](=O)O. The second kappa shape index (κ2) is 8.85. The maximum atomic E-state index is 10.9. The lowest BCUT2D eigenvalue weighted by atomic mass is 10.3. The first-order chi connectivity index (χ1) is 11.2. The van der Waals surface area contributed by atoms with E-state index in [-0.39, 0.29) is 12.2 Å². The van der Waals surface area contributed by atoms with Crippen molar-refractivity contribution in [3.8, 4) is 17.2 Å². The first kappa shape index (κ1) is 20.7. The number of halogens is 4. The number of rotatable bonds is 5. The molecule has 0 spiro atoms. The van der Waals surface area contributed by atoms with E-state index >= 15 is 0 Å². The van der Waals surface area contributed by atoms with Gasteiger partial charge >= 0.3 is 5.97 Å². The molecule has 0 aliphatic carbocycles. The molecule has 24 heavy (non-hydrogen) atoms. The van der Waals surface area contributed by atoms with Gasteiger partial charge in [0, 0.05) is 0 Å². The lowest BCUT2D eigenvalue weighted by Crippen LogP contribution is -2.32. The number of carboxylic acid groups (broad SMARTS) is 1. The maximum Gasteiger partial charge on any atom is 0.320 e. The van der Waals surface area contributed by atoms with E-state index in [4.69, 9.17) is 15.6 Å². The van der Waals surface area contributed by atoms with E-state index in [2.05, 4.69) is 90.4 Å². The minimum absolute atomic E-state index is 0.242. The van der Waals surface area contributed by atoms with Crippen LogP contribution in [-0.2, 0) is 11.2 Å². The van der Waals surface area contributed by atoms with Crippen LogP contribution in [0.4, 0.5) is 0 Å². The highest BCUT2D eigenvalue weighted by Crippen LogP contribution is 2.36. The predicted molar refractivity (Wildman–Crippen MR) is 125 cm³/mol. The van der Waals surface area contributed by atoms with Gasteiger partial charge in [0.05, 0.1) is 14.3 Å². The minimum Gasteiger partial charge on any atom is -0.506 e. The van der Waals surface area contributed by atoms with E-state index in [1.165, 1.54) is 0 Å². The summed E-state index contributed by atoms with van der Waals surface area (Å²) in [5.74, 6) is 0.549. The van der Waals surface area contributed by atoms with Gasteiger partial charge in [-0.2, -0.15) is 0 Å². The van der Waals surface area contributed by atoms with Crippen LogP contribution in [-0.4, -0.2) is 22.2 Å². The van der Waals surface area contributed by atoms with Gasteiger partial charge in [0.25, 0.3) is 0 Å². The standard InChI is InChI=1S/C15H11I4NO4/c16-8-4-7(5-9(17)13(8)21)24-14-10(18)1-6(2-11(14)19)3-12(20)15(22)23/h1-2,4-5,12,21H,3,20H2,(H,22,23)/t12-/m0/s1/i1+1,2+1,3+1,6+1,10+1,11+1,12+1,14+1,15+1,20+1. The minimum atomic E-state index is -1.02. The zero-order valence-electron chi connectivity index (χ0n) is 11.9. The molecule has 0 fully saturated rings. The van der Waals surface area contributed by atoms with Crippen molar-refractivity contribution in [1.29, 1.82) is 0 Å². The van der Waals surface area contributed by atoms with Crippen LogP contribution in [0.15, 0.2) is 24.3 Å². The highest BCUT2D eigenvalue weighted by Gasteiger charge is 2.16. The Labute approximate surface area is 193 Å². The number of carbonyl (C=O) groups is 1. The van der Waals surface area contributed by atoms with Crippen LogP contribution in [0.5, 0.6) is 17.2 Å². The smallest absolute Gasteiger partial charge is 0.320 e. The number of nitrogens with two attached hydrogens (primary N) is 1. The molecule has 0 bridgehead atoms. The Balaban J connectivity index is 2.30. The van der Waals surface area contributed by atoms with E-state index in [9.17, 15) is 9.90 Å². The molecule has 0 aromatic heterocycles. The Bertz CT molecular complexity index is 751. The summed E-state index contributed by atoms with van der Waals surface area (Å²) < 4.78 is 9.14.